The summed E-state index contributed by atoms with van der Waals surface area (Å²) in [5.74, 6) is 0.124. The van der Waals surface area contributed by atoms with Gasteiger partial charge in [0.1, 0.15) is 11.6 Å². The van der Waals surface area contributed by atoms with E-state index in [1.54, 1.807) is 18.3 Å². The maximum atomic E-state index is 13.3. The molecule has 18 heavy (non-hydrogen) atoms. The molecule has 3 nitrogen and oxygen atoms in total. The van der Waals surface area contributed by atoms with E-state index in [4.69, 9.17) is 22.1 Å². The molecule has 0 spiro atoms. The van der Waals surface area contributed by atoms with Crippen LogP contribution in [0.5, 0.6) is 5.75 Å². The summed E-state index contributed by atoms with van der Waals surface area (Å²) in [7, 11) is 1.50. The van der Waals surface area contributed by atoms with Gasteiger partial charge >= 0.3 is 0 Å². The van der Waals surface area contributed by atoms with Crippen LogP contribution < -0.4 is 10.5 Å². The molecule has 94 valence electrons. The topological polar surface area (TPSA) is 48.1 Å². The maximum absolute atomic E-state index is 13.3. The van der Waals surface area contributed by atoms with Gasteiger partial charge in [-0.3, -0.25) is 4.98 Å². The van der Waals surface area contributed by atoms with Gasteiger partial charge in [0.15, 0.2) is 0 Å². The lowest BCUT2D eigenvalue weighted by Crippen LogP contribution is -2.15. The summed E-state index contributed by atoms with van der Waals surface area (Å²) in [6.45, 7) is 0. The molecule has 1 aromatic heterocycles. The van der Waals surface area contributed by atoms with Gasteiger partial charge in [-0.15, -0.1) is 0 Å². The highest BCUT2D eigenvalue weighted by Crippen LogP contribution is 2.30. The Hall–Kier alpha value is -1.65. The van der Waals surface area contributed by atoms with E-state index in [9.17, 15) is 4.39 Å². The normalized spacial score (nSPS) is 12.2. The van der Waals surface area contributed by atoms with Gasteiger partial charge in [0, 0.05) is 11.8 Å². The van der Waals surface area contributed by atoms with Gasteiger partial charge in [-0.2, -0.15) is 0 Å². The van der Waals surface area contributed by atoms with Crippen molar-refractivity contribution in [2.75, 3.05) is 7.11 Å². The molecule has 0 fully saturated rings. The first-order chi connectivity index (χ1) is 8.63. The van der Waals surface area contributed by atoms with Gasteiger partial charge in [-0.25, -0.2) is 4.39 Å². The number of nitrogens with two attached hydrogens (primary N) is 1. The minimum Gasteiger partial charge on any atom is -0.496 e. The van der Waals surface area contributed by atoms with E-state index in [0.29, 0.717) is 22.0 Å². The summed E-state index contributed by atoms with van der Waals surface area (Å²) in [5.41, 5.74) is 7.07. The molecule has 2 rings (SSSR count). The van der Waals surface area contributed by atoms with Gasteiger partial charge in [0.2, 0.25) is 0 Å². The standard InChI is InChI=1S/C13H12ClFN2O/c1-18-11-5-4-8(15)7-9(11)12(16)13-10(14)3-2-6-17-13/h2-7,12H,16H2,1H3. The zero-order chi connectivity index (χ0) is 13.1. The Labute approximate surface area is 109 Å². The number of rotatable bonds is 3. The van der Waals surface area contributed by atoms with Crippen molar-refractivity contribution in [3.8, 4) is 5.75 Å². The lowest BCUT2D eigenvalue weighted by Gasteiger charge is -2.16. The SMILES string of the molecule is COc1ccc(F)cc1C(N)c1ncccc1Cl. The predicted octanol–water partition coefficient (Wildman–Crippen LogP) is 2.93. The van der Waals surface area contributed by atoms with Gasteiger partial charge in [0.25, 0.3) is 0 Å². The monoisotopic (exact) mass is 266 g/mol. The molecule has 1 unspecified atom stereocenters. The number of pyridine rings is 1. The van der Waals surface area contributed by atoms with Gasteiger partial charge in [-0.1, -0.05) is 11.6 Å². The number of benzene rings is 1. The summed E-state index contributed by atoms with van der Waals surface area (Å²) in [6.07, 6.45) is 1.59. The Morgan fingerprint density at radius 1 is 1.39 bits per heavy atom. The van der Waals surface area contributed by atoms with Crippen LogP contribution in [-0.2, 0) is 0 Å². The van der Waals surface area contributed by atoms with Crippen LogP contribution in [0.3, 0.4) is 0 Å². The smallest absolute Gasteiger partial charge is 0.124 e. The average Bonchev–Trinajstić information content (AvgIpc) is 2.38. The third kappa shape index (κ3) is 2.44. The highest BCUT2D eigenvalue weighted by molar-refractivity contribution is 6.31. The first kappa shape index (κ1) is 12.8. The van der Waals surface area contributed by atoms with Crippen molar-refractivity contribution in [1.29, 1.82) is 0 Å². The zero-order valence-corrected chi connectivity index (χ0v) is 10.5. The average molecular weight is 267 g/mol. The molecule has 0 saturated heterocycles. The first-order valence-electron chi connectivity index (χ1n) is 5.33. The molecule has 0 bridgehead atoms. The van der Waals surface area contributed by atoms with Crippen molar-refractivity contribution in [1.82, 2.24) is 4.98 Å². The number of methoxy groups -OCH3 is 1. The molecule has 2 N–H and O–H groups in total. The molecule has 0 aliphatic carbocycles. The third-order valence-corrected chi connectivity index (χ3v) is 2.93. The van der Waals surface area contributed by atoms with Crippen molar-refractivity contribution >= 4 is 11.6 Å². The molecular formula is C13H12ClFN2O. The molecule has 1 atom stereocenters. The molecule has 0 amide bonds. The number of halogens is 2. The lowest BCUT2D eigenvalue weighted by molar-refractivity contribution is 0.406. The Balaban J connectivity index is 2.48. The Bertz CT molecular complexity index is 562. The van der Waals surface area contributed by atoms with Crippen LogP contribution in [0.4, 0.5) is 4.39 Å². The predicted molar refractivity (Wildman–Crippen MR) is 68.2 cm³/mol. The molecule has 5 heteroatoms. The van der Waals surface area contributed by atoms with Crippen LogP contribution in [0.15, 0.2) is 36.5 Å². The Kier molecular flexibility index (Phi) is 3.79. The van der Waals surface area contributed by atoms with Gasteiger partial charge < -0.3 is 10.5 Å². The van der Waals surface area contributed by atoms with Crippen LogP contribution in [0.25, 0.3) is 0 Å². The molecule has 0 radical (unpaired) electrons. The summed E-state index contributed by atoms with van der Waals surface area (Å²) in [4.78, 5) is 4.12. The summed E-state index contributed by atoms with van der Waals surface area (Å²) < 4.78 is 18.5. The summed E-state index contributed by atoms with van der Waals surface area (Å²) >= 11 is 6.03. The fourth-order valence-corrected chi connectivity index (χ4v) is 1.96. The highest BCUT2D eigenvalue weighted by atomic mass is 35.5. The van der Waals surface area contributed by atoms with E-state index in [2.05, 4.69) is 4.98 Å². The second-order valence-electron chi connectivity index (χ2n) is 3.73. The fraction of sp³-hybridized carbons (Fsp3) is 0.154. The molecule has 2 aromatic rings. The van der Waals surface area contributed by atoms with Crippen LogP contribution in [0, 0.1) is 5.82 Å². The third-order valence-electron chi connectivity index (χ3n) is 2.61. The quantitative estimate of drug-likeness (QED) is 0.929. The van der Waals surface area contributed by atoms with E-state index in [1.807, 2.05) is 0 Å². The second-order valence-corrected chi connectivity index (χ2v) is 4.14. The Morgan fingerprint density at radius 3 is 2.83 bits per heavy atom. The van der Waals surface area contributed by atoms with Crippen molar-refractivity contribution in [3.05, 3.63) is 58.6 Å². The van der Waals surface area contributed by atoms with E-state index in [-0.39, 0.29) is 5.82 Å². The molecule has 1 heterocycles. The van der Waals surface area contributed by atoms with E-state index < -0.39 is 6.04 Å². The number of nitrogens with zero attached hydrogens (tertiary/aromatic N) is 1. The number of ether oxygens (including phenoxy) is 1. The molecule has 0 saturated carbocycles. The summed E-state index contributed by atoms with van der Waals surface area (Å²) in [6, 6.07) is 6.94. The van der Waals surface area contributed by atoms with Crippen molar-refractivity contribution in [2.45, 2.75) is 6.04 Å². The van der Waals surface area contributed by atoms with Crippen LogP contribution in [-0.4, -0.2) is 12.1 Å². The minimum absolute atomic E-state index is 0.381. The minimum atomic E-state index is -0.635. The van der Waals surface area contributed by atoms with E-state index in [1.165, 1.54) is 25.3 Å². The second kappa shape index (κ2) is 5.33. The van der Waals surface area contributed by atoms with Gasteiger partial charge in [-0.05, 0) is 30.3 Å². The molecule has 0 aliphatic heterocycles. The van der Waals surface area contributed by atoms with Crippen molar-refractivity contribution < 1.29 is 9.13 Å². The number of aromatic nitrogens is 1. The van der Waals surface area contributed by atoms with Crippen LogP contribution >= 0.6 is 11.6 Å². The largest absolute Gasteiger partial charge is 0.496 e. The van der Waals surface area contributed by atoms with Crippen molar-refractivity contribution in [3.63, 3.8) is 0 Å². The first-order valence-corrected chi connectivity index (χ1v) is 5.70. The zero-order valence-electron chi connectivity index (χ0n) is 9.73. The van der Waals surface area contributed by atoms with Crippen LogP contribution in [0.2, 0.25) is 5.02 Å². The lowest BCUT2D eigenvalue weighted by atomic mass is 10.0. The van der Waals surface area contributed by atoms with E-state index >= 15 is 0 Å². The highest BCUT2D eigenvalue weighted by Gasteiger charge is 2.18. The number of hydrogen-bond donors (Lipinski definition) is 1. The molecule has 1 aromatic carbocycles. The summed E-state index contributed by atoms with van der Waals surface area (Å²) in [5, 5.41) is 0.441. The van der Waals surface area contributed by atoms with Crippen molar-refractivity contribution in [2.24, 2.45) is 5.73 Å². The van der Waals surface area contributed by atoms with Crippen LogP contribution in [0.1, 0.15) is 17.3 Å². The van der Waals surface area contributed by atoms with Gasteiger partial charge in [0.05, 0.1) is 23.9 Å². The molecule has 0 aliphatic rings. The Morgan fingerprint density at radius 2 is 2.17 bits per heavy atom. The molecular weight excluding hydrogens is 255 g/mol. The maximum Gasteiger partial charge on any atom is 0.124 e. The van der Waals surface area contributed by atoms with E-state index in [0.717, 1.165) is 0 Å². The number of hydrogen-bond acceptors (Lipinski definition) is 3. The fourth-order valence-electron chi connectivity index (χ4n) is 1.72.